The highest BCUT2D eigenvalue weighted by Gasteiger charge is 2.05. The van der Waals surface area contributed by atoms with Gasteiger partial charge in [0.15, 0.2) is 0 Å². The van der Waals surface area contributed by atoms with Gasteiger partial charge in [0.05, 0.1) is 0 Å². The number of carbonyl (C=O) groups excluding carboxylic acids is 1. The number of rotatable bonds is 2. The van der Waals surface area contributed by atoms with Crippen LogP contribution in [0.2, 0.25) is 0 Å². The molecule has 15 heavy (non-hydrogen) atoms. The Morgan fingerprint density at radius 2 is 2.07 bits per heavy atom. The summed E-state index contributed by atoms with van der Waals surface area (Å²) >= 11 is 0. The maximum Gasteiger partial charge on any atom is 0.221 e. The molecule has 0 heterocycles. The smallest absolute Gasteiger partial charge is 0.221 e. The molecule has 0 saturated heterocycles. The molecule has 3 nitrogen and oxygen atoms in total. The molecule has 0 saturated carbocycles. The zero-order valence-electron chi connectivity index (χ0n) is 8.58. The summed E-state index contributed by atoms with van der Waals surface area (Å²) in [6, 6.07) is 4.02. The van der Waals surface area contributed by atoms with Crippen LogP contribution in [-0.4, -0.2) is 5.91 Å². The molecule has 84 valence electrons. The first kappa shape index (κ1) is 13.9. The summed E-state index contributed by atoms with van der Waals surface area (Å²) in [7, 11) is 0. The summed E-state index contributed by atoms with van der Waals surface area (Å²) in [5, 5.41) is 2.51. The van der Waals surface area contributed by atoms with Crippen LogP contribution in [0.4, 0.5) is 10.1 Å². The lowest BCUT2D eigenvalue weighted by Crippen LogP contribution is -2.09. The summed E-state index contributed by atoms with van der Waals surface area (Å²) < 4.78 is 13.0. The van der Waals surface area contributed by atoms with Crippen molar-refractivity contribution in [3.63, 3.8) is 0 Å². The minimum Gasteiger partial charge on any atom is -0.326 e. The fourth-order valence-electron chi connectivity index (χ4n) is 1.15. The highest BCUT2D eigenvalue weighted by molar-refractivity contribution is 5.88. The summed E-state index contributed by atoms with van der Waals surface area (Å²) in [4.78, 5) is 10.7. The molecule has 0 aromatic heterocycles. The van der Waals surface area contributed by atoms with E-state index in [9.17, 15) is 9.18 Å². The number of hydrogen-bond donors (Lipinski definition) is 2. The van der Waals surface area contributed by atoms with Gasteiger partial charge in [-0.3, -0.25) is 4.79 Å². The van der Waals surface area contributed by atoms with Crippen molar-refractivity contribution in [2.24, 2.45) is 5.73 Å². The minimum atomic E-state index is -0.399. The van der Waals surface area contributed by atoms with Gasteiger partial charge in [-0.25, -0.2) is 4.39 Å². The van der Waals surface area contributed by atoms with Crippen molar-refractivity contribution in [2.75, 3.05) is 5.32 Å². The van der Waals surface area contributed by atoms with Gasteiger partial charge in [-0.05, 0) is 30.7 Å². The van der Waals surface area contributed by atoms with E-state index in [1.54, 1.807) is 13.0 Å². The Hall–Kier alpha value is -1.13. The number of amides is 1. The third-order valence-electron chi connectivity index (χ3n) is 1.77. The number of nitrogens with one attached hydrogen (secondary N) is 1. The fraction of sp³-hybridized carbons (Fsp3) is 0.300. The van der Waals surface area contributed by atoms with E-state index in [1.165, 1.54) is 19.1 Å². The molecular weight excluding hydrogens is 219 g/mol. The average molecular weight is 233 g/mol. The summed E-state index contributed by atoms with van der Waals surface area (Å²) in [5.74, 6) is -0.630. The molecule has 1 aromatic rings. The Kier molecular flexibility index (Phi) is 5.25. The van der Waals surface area contributed by atoms with Gasteiger partial charge >= 0.3 is 0 Å². The normalized spacial score (nSPS) is 11.5. The molecule has 1 rings (SSSR count). The second-order valence-corrected chi connectivity index (χ2v) is 3.24. The first-order chi connectivity index (χ1) is 6.49. The Bertz CT molecular complexity index is 355. The molecule has 0 spiro atoms. The molecule has 0 aliphatic heterocycles. The van der Waals surface area contributed by atoms with Crippen molar-refractivity contribution in [1.29, 1.82) is 0 Å². The third-order valence-corrected chi connectivity index (χ3v) is 1.77. The number of benzene rings is 1. The molecule has 0 radical (unpaired) electrons. The molecule has 1 atom stereocenters. The van der Waals surface area contributed by atoms with Gasteiger partial charge in [0, 0.05) is 18.7 Å². The number of halogens is 2. The average Bonchev–Trinajstić information content (AvgIpc) is 2.01. The quantitative estimate of drug-likeness (QED) is 0.822. The van der Waals surface area contributed by atoms with Crippen LogP contribution in [0.3, 0.4) is 0 Å². The molecule has 0 bridgehead atoms. The van der Waals surface area contributed by atoms with Gasteiger partial charge in [0.1, 0.15) is 5.82 Å². The molecule has 1 aromatic carbocycles. The molecule has 0 aliphatic carbocycles. The first-order valence-electron chi connectivity index (χ1n) is 4.32. The van der Waals surface area contributed by atoms with E-state index in [4.69, 9.17) is 5.73 Å². The van der Waals surface area contributed by atoms with Gasteiger partial charge in [0.25, 0.3) is 0 Å². The van der Waals surface area contributed by atoms with Crippen LogP contribution in [0.1, 0.15) is 25.5 Å². The molecule has 1 amide bonds. The van der Waals surface area contributed by atoms with E-state index in [0.717, 1.165) is 0 Å². The van der Waals surface area contributed by atoms with Gasteiger partial charge in [0.2, 0.25) is 5.91 Å². The van der Waals surface area contributed by atoms with Crippen LogP contribution >= 0.6 is 12.4 Å². The largest absolute Gasteiger partial charge is 0.326 e. The molecule has 5 heteroatoms. The minimum absolute atomic E-state index is 0. The molecule has 1 unspecified atom stereocenters. The van der Waals surface area contributed by atoms with Crippen molar-refractivity contribution in [2.45, 2.75) is 19.9 Å². The predicted molar refractivity (Wildman–Crippen MR) is 60.6 cm³/mol. The Balaban J connectivity index is 0.00000196. The van der Waals surface area contributed by atoms with Crippen LogP contribution in [-0.2, 0) is 4.79 Å². The second-order valence-electron chi connectivity index (χ2n) is 3.24. The van der Waals surface area contributed by atoms with Gasteiger partial charge in [-0.2, -0.15) is 0 Å². The van der Waals surface area contributed by atoms with Crippen LogP contribution in [0.25, 0.3) is 0 Å². The standard InChI is InChI=1S/C10H13FN2O.ClH/c1-6(12)8-3-9(11)5-10(4-8)13-7(2)14;/h3-6H,12H2,1-2H3,(H,13,14);1H. The highest BCUT2D eigenvalue weighted by atomic mass is 35.5. The SMILES string of the molecule is CC(=O)Nc1cc(F)cc(C(C)N)c1.Cl. The van der Waals surface area contributed by atoms with Crippen LogP contribution in [0.5, 0.6) is 0 Å². The van der Waals surface area contributed by atoms with Crippen molar-refractivity contribution in [3.05, 3.63) is 29.6 Å². The van der Waals surface area contributed by atoms with E-state index in [2.05, 4.69) is 5.32 Å². The third kappa shape index (κ3) is 4.27. The Labute approximate surface area is 94.3 Å². The number of nitrogens with two attached hydrogens (primary N) is 1. The van der Waals surface area contributed by atoms with Gasteiger partial charge in [-0.15, -0.1) is 12.4 Å². The van der Waals surface area contributed by atoms with Crippen LogP contribution < -0.4 is 11.1 Å². The number of hydrogen-bond acceptors (Lipinski definition) is 2. The predicted octanol–water partition coefficient (Wildman–Crippen LogP) is 2.23. The molecule has 0 aliphatic rings. The summed E-state index contributed by atoms with van der Waals surface area (Å²) in [6.07, 6.45) is 0. The van der Waals surface area contributed by atoms with Crippen molar-refractivity contribution < 1.29 is 9.18 Å². The van der Waals surface area contributed by atoms with E-state index in [0.29, 0.717) is 11.3 Å². The number of anilines is 1. The zero-order valence-corrected chi connectivity index (χ0v) is 9.40. The Morgan fingerprint density at radius 1 is 1.47 bits per heavy atom. The molecule has 3 N–H and O–H groups in total. The van der Waals surface area contributed by atoms with E-state index in [-0.39, 0.29) is 24.4 Å². The first-order valence-corrected chi connectivity index (χ1v) is 4.32. The molecular formula is C10H14ClFN2O. The monoisotopic (exact) mass is 232 g/mol. The van der Waals surface area contributed by atoms with Crippen molar-refractivity contribution in [1.82, 2.24) is 0 Å². The lowest BCUT2D eigenvalue weighted by Gasteiger charge is -2.09. The van der Waals surface area contributed by atoms with Crippen molar-refractivity contribution in [3.8, 4) is 0 Å². The maximum absolute atomic E-state index is 13.0. The Morgan fingerprint density at radius 3 is 2.53 bits per heavy atom. The lowest BCUT2D eigenvalue weighted by molar-refractivity contribution is -0.114. The van der Waals surface area contributed by atoms with Crippen molar-refractivity contribution >= 4 is 24.0 Å². The second kappa shape index (κ2) is 5.68. The maximum atomic E-state index is 13.0. The van der Waals surface area contributed by atoms with Crippen LogP contribution in [0, 0.1) is 5.82 Å². The topological polar surface area (TPSA) is 55.1 Å². The van der Waals surface area contributed by atoms with E-state index >= 15 is 0 Å². The van der Waals surface area contributed by atoms with E-state index in [1.807, 2.05) is 0 Å². The van der Waals surface area contributed by atoms with Gasteiger partial charge < -0.3 is 11.1 Å². The van der Waals surface area contributed by atoms with E-state index < -0.39 is 5.82 Å². The fourth-order valence-corrected chi connectivity index (χ4v) is 1.15. The molecule has 0 fully saturated rings. The summed E-state index contributed by atoms with van der Waals surface area (Å²) in [5.41, 5.74) is 6.70. The summed E-state index contributed by atoms with van der Waals surface area (Å²) in [6.45, 7) is 3.13. The zero-order chi connectivity index (χ0) is 10.7. The highest BCUT2D eigenvalue weighted by Crippen LogP contribution is 2.18. The van der Waals surface area contributed by atoms with Gasteiger partial charge in [-0.1, -0.05) is 0 Å². The number of carbonyl (C=O) groups is 1. The van der Waals surface area contributed by atoms with Crippen LogP contribution in [0.15, 0.2) is 18.2 Å². The lowest BCUT2D eigenvalue weighted by atomic mass is 10.1.